The van der Waals surface area contributed by atoms with Crippen LogP contribution >= 0.6 is 0 Å². The molecule has 0 aliphatic rings. The van der Waals surface area contributed by atoms with Crippen molar-refractivity contribution in [3.63, 3.8) is 0 Å². The average molecular weight is 346 g/mol. The van der Waals surface area contributed by atoms with Crippen LogP contribution in [0.15, 0.2) is 59.7 Å². The summed E-state index contributed by atoms with van der Waals surface area (Å²) in [5.74, 6) is 0.569. The Morgan fingerprint density at radius 2 is 1.88 bits per heavy atom. The molecule has 0 unspecified atom stereocenters. The molecule has 0 heterocycles. The maximum atomic E-state index is 12.2. The number of fused-ring (bicyclic) bond motifs is 1. The molecular formula is C22H22N2O2. The van der Waals surface area contributed by atoms with Gasteiger partial charge in [0.25, 0.3) is 0 Å². The molecule has 0 aromatic heterocycles. The Bertz CT molecular complexity index is 977. The molecule has 3 aromatic carbocycles. The summed E-state index contributed by atoms with van der Waals surface area (Å²) in [6, 6.07) is 17.9. The Balaban J connectivity index is 1.75. The number of aryl methyl sites for hydroxylation is 2. The van der Waals surface area contributed by atoms with E-state index >= 15 is 0 Å². The van der Waals surface area contributed by atoms with Crippen LogP contribution in [0.4, 0.5) is 0 Å². The summed E-state index contributed by atoms with van der Waals surface area (Å²) in [6.07, 6.45) is 1.94. The molecule has 0 aliphatic heterocycles. The number of hydrazone groups is 1. The number of nitrogens with one attached hydrogen (secondary N) is 1. The maximum Gasteiger partial charge on any atom is 0.244 e. The summed E-state index contributed by atoms with van der Waals surface area (Å²) in [5.41, 5.74) is 6.82. The van der Waals surface area contributed by atoms with E-state index in [-0.39, 0.29) is 5.91 Å². The molecule has 0 saturated heterocycles. The largest absolute Gasteiger partial charge is 0.496 e. The van der Waals surface area contributed by atoms with Gasteiger partial charge in [0, 0.05) is 5.56 Å². The lowest BCUT2D eigenvalue weighted by Gasteiger charge is -2.08. The molecule has 4 nitrogen and oxygen atoms in total. The quantitative estimate of drug-likeness (QED) is 0.557. The highest BCUT2D eigenvalue weighted by Crippen LogP contribution is 2.26. The summed E-state index contributed by atoms with van der Waals surface area (Å²) in [6.45, 7) is 4.10. The molecule has 0 spiro atoms. The molecule has 132 valence electrons. The highest BCUT2D eigenvalue weighted by atomic mass is 16.5. The van der Waals surface area contributed by atoms with Crippen LogP contribution in [0.2, 0.25) is 0 Å². The second-order valence-electron chi connectivity index (χ2n) is 6.29. The Morgan fingerprint density at radius 3 is 2.65 bits per heavy atom. The number of methoxy groups -OCH3 is 1. The predicted molar refractivity (Wildman–Crippen MR) is 106 cm³/mol. The Morgan fingerprint density at radius 1 is 1.08 bits per heavy atom. The molecule has 26 heavy (non-hydrogen) atoms. The first-order valence-corrected chi connectivity index (χ1v) is 8.52. The fourth-order valence-corrected chi connectivity index (χ4v) is 2.89. The van der Waals surface area contributed by atoms with E-state index in [1.807, 2.05) is 61.5 Å². The number of carbonyl (C=O) groups excluding carboxylic acids is 1. The summed E-state index contributed by atoms with van der Waals surface area (Å²) in [4.78, 5) is 12.2. The number of benzene rings is 3. The molecule has 1 amide bonds. The van der Waals surface area contributed by atoms with Gasteiger partial charge in [-0.3, -0.25) is 4.79 Å². The van der Waals surface area contributed by atoms with Gasteiger partial charge in [-0.25, -0.2) is 5.43 Å². The third-order valence-electron chi connectivity index (χ3n) is 4.47. The molecule has 0 atom stereocenters. The van der Waals surface area contributed by atoms with E-state index in [1.165, 1.54) is 11.1 Å². The third kappa shape index (κ3) is 3.91. The first-order chi connectivity index (χ1) is 12.6. The van der Waals surface area contributed by atoms with E-state index in [0.29, 0.717) is 6.42 Å². The second kappa shape index (κ2) is 7.83. The van der Waals surface area contributed by atoms with Gasteiger partial charge in [-0.15, -0.1) is 0 Å². The second-order valence-corrected chi connectivity index (χ2v) is 6.29. The fraction of sp³-hybridized carbons (Fsp3) is 0.182. The Kier molecular flexibility index (Phi) is 5.32. The van der Waals surface area contributed by atoms with Crippen LogP contribution in [-0.2, 0) is 11.2 Å². The summed E-state index contributed by atoms with van der Waals surface area (Å²) in [5, 5.41) is 6.25. The zero-order chi connectivity index (χ0) is 18.5. The maximum absolute atomic E-state index is 12.2. The van der Waals surface area contributed by atoms with Crippen molar-refractivity contribution in [2.75, 3.05) is 7.11 Å². The molecule has 0 aliphatic carbocycles. The van der Waals surface area contributed by atoms with Crippen LogP contribution in [0.25, 0.3) is 10.8 Å². The van der Waals surface area contributed by atoms with Crippen molar-refractivity contribution >= 4 is 22.9 Å². The number of ether oxygens (including phenoxy) is 1. The van der Waals surface area contributed by atoms with Crippen molar-refractivity contribution in [1.82, 2.24) is 5.43 Å². The monoisotopic (exact) mass is 346 g/mol. The van der Waals surface area contributed by atoms with Gasteiger partial charge in [0.2, 0.25) is 5.91 Å². The van der Waals surface area contributed by atoms with Gasteiger partial charge >= 0.3 is 0 Å². The SMILES string of the molecule is COc1ccc2ccccc2c1/C=N\NC(=O)Cc1ccc(C)c(C)c1. The number of hydrogen-bond acceptors (Lipinski definition) is 3. The minimum Gasteiger partial charge on any atom is -0.496 e. The smallest absolute Gasteiger partial charge is 0.244 e. The van der Waals surface area contributed by atoms with Crippen molar-refractivity contribution in [3.8, 4) is 5.75 Å². The molecular weight excluding hydrogens is 324 g/mol. The number of rotatable bonds is 5. The van der Waals surface area contributed by atoms with Gasteiger partial charge in [-0.2, -0.15) is 5.10 Å². The first-order valence-electron chi connectivity index (χ1n) is 8.52. The molecule has 0 bridgehead atoms. The highest BCUT2D eigenvalue weighted by molar-refractivity contribution is 6.02. The van der Waals surface area contributed by atoms with E-state index in [4.69, 9.17) is 4.74 Å². The lowest BCUT2D eigenvalue weighted by Crippen LogP contribution is -2.19. The average Bonchev–Trinajstić information content (AvgIpc) is 2.65. The number of carbonyl (C=O) groups is 1. The fourth-order valence-electron chi connectivity index (χ4n) is 2.89. The lowest BCUT2D eigenvalue weighted by atomic mass is 10.0. The Hall–Kier alpha value is -3.14. The number of hydrogen-bond donors (Lipinski definition) is 1. The predicted octanol–water partition coefficient (Wildman–Crippen LogP) is 4.16. The van der Waals surface area contributed by atoms with Crippen LogP contribution in [-0.4, -0.2) is 19.2 Å². The van der Waals surface area contributed by atoms with Crippen molar-refractivity contribution in [3.05, 3.63) is 76.9 Å². The minimum atomic E-state index is -0.149. The van der Waals surface area contributed by atoms with Crippen molar-refractivity contribution in [2.24, 2.45) is 5.10 Å². The lowest BCUT2D eigenvalue weighted by molar-refractivity contribution is -0.120. The van der Waals surface area contributed by atoms with E-state index in [0.717, 1.165) is 27.6 Å². The van der Waals surface area contributed by atoms with Crippen LogP contribution in [0.5, 0.6) is 5.75 Å². The normalized spacial score (nSPS) is 11.0. The third-order valence-corrected chi connectivity index (χ3v) is 4.47. The van der Waals surface area contributed by atoms with E-state index in [2.05, 4.69) is 17.5 Å². The number of nitrogens with zero attached hydrogens (tertiary/aromatic N) is 1. The zero-order valence-corrected chi connectivity index (χ0v) is 15.2. The van der Waals surface area contributed by atoms with E-state index in [1.54, 1.807) is 13.3 Å². The van der Waals surface area contributed by atoms with Gasteiger partial charge in [-0.05, 0) is 47.4 Å². The van der Waals surface area contributed by atoms with Gasteiger partial charge < -0.3 is 4.74 Å². The zero-order valence-electron chi connectivity index (χ0n) is 15.2. The van der Waals surface area contributed by atoms with Crippen LogP contribution in [0, 0.1) is 13.8 Å². The molecule has 0 radical (unpaired) electrons. The minimum absolute atomic E-state index is 0.149. The first kappa shape index (κ1) is 17.7. The Labute approximate surface area is 153 Å². The number of amides is 1. The standard InChI is InChI=1S/C22H22N2O2/c1-15-8-9-17(12-16(15)2)13-22(25)24-23-14-20-19-7-5-4-6-18(19)10-11-21(20)26-3/h4-12,14H,13H2,1-3H3,(H,24,25)/b23-14-. The molecule has 1 N–H and O–H groups in total. The van der Waals surface area contributed by atoms with E-state index < -0.39 is 0 Å². The van der Waals surface area contributed by atoms with Gasteiger partial charge in [-0.1, -0.05) is 48.5 Å². The van der Waals surface area contributed by atoms with Crippen LogP contribution in [0.3, 0.4) is 0 Å². The van der Waals surface area contributed by atoms with Crippen LogP contribution < -0.4 is 10.2 Å². The molecule has 3 aromatic rings. The molecule has 4 heteroatoms. The summed E-state index contributed by atoms with van der Waals surface area (Å²) >= 11 is 0. The molecule has 0 saturated carbocycles. The van der Waals surface area contributed by atoms with Gasteiger partial charge in [0.15, 0.2) is 0 Å². The molecule has 3 rings (SSSR count). The van der Waals surface area contributed by atoms with Crippen molar-refractivity contribution in [1.29, 1.82) is 0 Å². The summed E-state index contributed by atoms with van der Waals surface area (Å²) in [7, 11) is 1.62. The topological polar surface area (TPSA) is 50.7 Å². The van der Waals surface area contributed by atoms with Crippen molar-refractivity contribution < 1.29 is 9.53 Å². The van der Waals surface area contributed by atoms with Crippen LogP contribution in [0.1, 0.15) is 22.3 Å². The summed E-state index contributed by atoms with van der Waals surface area (Å²) < 4.78 is 5.43. The van der Waals surface area contributed by atoms with Gasteiger partial charge in [0.05, 0.1) is 19.7 Å². The van der Waals surface area contributed by atoms with Crippen molar-refractivity contribution in [2.45, 2.75) is 20.3 Å². The molecule has 0 fully saturated rings. The van der Waals surface area contributed by atoms with E-state index in [9.17, 15) is 4.79 Å². The van der Waals surface area contributed by atoms with Gasteiger partial charge in [0.1, 0.15) is 5.75 Å². The highest BCUT2D eigenvalue weighted by Gasteiger charge is 2.07.